The molecule has 2 aliphatic heterocycles. The molecule has 4 heterocycles. The van der Waals surface area contributed by atoms with Crippen LogP contribution in [0.4, 0.5) is 24.7 Å². The molecule has 1 fully saturated rings. The van der Waals surface area contributed by atoms with Crippen LogP contribution in [0.1, 0.15) is 30.2 Å². The van der Waals surface area contributed by atoms with Crippen molar-refractivity contribution in [2.75, 3.05) is 23.3 Å². The van der Waals surface area contributed by atoms with Crippen LogP contribution < -0.4 is 21.7 Å². The van der Waals surface area contributed by atoms with Crippen LogP contribution in [0.15, 0.2) is 11.1 Å². The lowest BCUT2D eigenvalue weighted by Crippen LogP contribution is -2.40. The van der Waals surface area contributed by atoms with Gasteiger partial charge in [-0.2, -0.15) is 13.2 Å². The number of rotatable bonds is 1. The summed E-state index contributed by atoms with van der Waals surface area (Å²) >= 11 is 1.14. The number of nitrogens with one attached hydrogen (secondary N) is 1. The van der Waals surface area contributed by atoms with E-state index in [2.05, 4.69) is 15.3 Å². The van der Waals surface area contributed by atoms with Gasteiger partial charge in [0.2, 0.25) is 0 Å². The Labute approximate surface area is 152 Å². The molecule has 10 heteroatoms. The summed E-state index contributed by atoms with van der Waals surface area (Å²) in [6.45, 7) is 2.94. The van der Waals surface area contributed by atoms with Gasteiger partial charge in [0.25, 0.3) is 0 Å². The fourth-order valence-electron chi connectivity index (χ4n) is 3.43. The van der Waals surface area contributed by atoms with Gasteiger partial charge in [0.1, 0.15) is 22.6 Å². The number of halogens is 3. The van der Waals surface area contributed by atoms with Gasteiger partial charge in [0.05, 0.1) is 16.1 Å². The lowest BCUT2D eigenvalue weighted by atomic mass is 10.1. The topological polar surface area (TPSA) is 92.6 Å². The van der Waals surface area contributed by atoms with Crippen molar-refractivity contribution in [1.82, 2.24) is 4.98 Å². The van der Waals surface area contributed by atoms with E-state index in [9.17, 15) is 13.2 Å². The van der Waals surface area contributed by atoms with Crippen LogP contribution in [0, 0.1) is 0 Å². The van der Waals surface area contributed by atoms with Crippen LogP contribution in [0.5, 0.6) is 0 Å². The molecule has 2 aromatic heterocycles. The molecule has 0 amide bonds. The Morgan fingerprint density at radius 1 is 1.31 bits per heavy atom. The minimum Gasteiger partial charge on any atom is -0.383 e. The number of alkyl halides is 3. The maximum atomic E-state index is 13.8. The van der Waals surface area contributed by atoms with Crippen LogP contribution in [-0.2, 0) is 6.18 Å². The molecule has 1 saturated heterocycles. The van der Waals surface area contributed by atoms with E-state index >= 15 is 0 Å². The number of anilines is 2. The van der Waals surface area contributed by atoms with Crippen molar-refractivity contribution in [2.24, 2.45) is 16.5 Å². The Hall–Kier alpha value is -2.07. The summed E-state index contributed by atoms with van der Waals surface area (Å²) < 4.78 is 41.5. The smallest absolute Gasteiger partial charge is 0.383 e. The van der Waals surface area contributed by atoms with Gasteiger partial charge in [-0.15, -0.1) is 11.3 Å². The zero-order chi connectivity index (χ0) is 18.6. The zero-order valence-corrected chi connectivity index (χ0v) is 14.9. The molecular weight excluding hydrogens is 365 g/mol. The van der Waals surface area contributed by atoms with Crippen LogP contribution >= 0.6 is 11.3 Å². The fraction of sp³-hybridized carbons (Fsp3) is 0.500. The van der Waals surface area contributed by atoms with Gasteiger partial charge in [-0.05, 0) is 25.8 Å². The predicted molar refractivity (Wildman–Crippen MR) is 97.9 cm³/mol. The SMILES string of the molecule is CC1N=C(N)c2sc3nc(N4CCC(N)CC4)cc(C(F)(F)F)c3c2N1. The number of aromatic nitrogens is 1. The Bertz CT molecular complexity index is 882. The zero-order valence-electron chi connectivity index (χ0n) is 14.1. The Morgan fingerprint density at radius 2 is 2.00 bits per heavy atom. The molecule has 0 saturated carbocycles. The van der Waals surface area contributed by atoms with E-state index in [0.29, 0.717) is 34.3 Å². The normalized spacial score (nSPS) is 21.5. The summed E-state index contributed by atoms with van der Waals surface area (Å²) in [4.78, 5) is 11.4. The minimum absolute atomic E-state index is 0.0691. The first-order valence-corrected chi connectivity index (χ1v) is 9.21. The quantitative estimate of drug-likeness (QED) is 0.703. The van der Waals surface area contributed by atoms with E-state index in [1.54, 1.807) is 6.92 Å². The highest BCUT2D eigenvalue weighted by Crippen LogP contribution is 2.45. The van der Waals surface area contributed by atoms with Crippen LogP contribution in [0.2, 0.25) is 0 Å². The molecule has 140 valence electrons. The number of hydrogen-bond donors (Lipinski definition) is 3. The first kappa shape index (κ1) is 17.3. The molecule has 2 aromatic rings. The molecule has 0 aromatic carbocycles. The highest BCUT2D eigenvalue weighted by atomic mass is 32.1. The maximum absolute atomic E-state index is 13.8. The first-order valence-electron chi connectivity index (χ1n) is 8.39. The van der Waals surface area contributed by atoms with Crippen molar-refractivity contribution in [3.8, 4) is 0 Å². The average molecular weight is 384 g/mol. The number of nitrogens with zero attached hydrogens (tertiary/aromatic N) is 3. The van der Waals surface area contributed by atoms with E-state index in [-0.39, 0.29) is 23.4 Å². The second-order valence-electron chi connectivity index (χ2n) is 6.67. The number of thiophene rings is 1. The lowest BCUT2D eigenvalue weighted by Gasteiger charge is -2.31. The van der Waals surface area contributed by atoms with Gasteiger partial charge in [0.15, 0.2) is 0 Å². The van der Waals surface area contributed by atoms with Gasteiger partial charge in [-0.25, -0.2) is 9.98 Å². The van der Waals surface area contributed by atoms with Crippen molar-refractivity contribution in [3.05, 3.63) is 16.5 Å². The van der Waals surface area contributed by atoms with E-state index < -0.39 is 11.7 Å². The molecule has 1 atom stereocenters. The lowest BCUT2D eigenvalue weighted by molar-refractivity contribution is -0.136. The molecule has 2 aliphatic rings. The molecule has 26 heavy (non-hydrogen) atoms. The summed E-state index contributed by atoms with van der Waals surface area (Å²) in [5, 5.41) is 3.07. The Kier molecular flexibility index (Phi) is 3.99. The number of fused-ring (bicyclic) bond motifs is 3. The summed E-state index contributed by atoms with van der Waals surface area (Å²) in [7, 11) is 0. The molecule has 5 N–H and O–H groups in total. The van der Waals surface area contributed by atoms with Gasteiger partial charge < -0.3 is 21.7 Å². The van der Waals surface area contributed by atoms with Crippen molar-refractivity contribution >= 4 is 38.9 Å². The largest absolute Gasteiger partial charge is 0.417 e. The van der Waals surface area contributed by atoms with Crippen LogP contribution in [0.25, 0.3) is 10.2 Å². The molecule has 1 unspecified atom stereocenters. The van der Waals surface area contributed by atoms with Crippen molar-refractivity contribution in [2.45, 2.75) is 38.1 Å². The molecule has 0 bridgehead atoms. The summed E-state index contributed by atoms with van der Waals surface area (Å²) in [6, 6.07) is 1.23. The summed E-state index contributed by atoms with van der Waals surface area (Å²) in [5.41, 5.74) is 11.5. The third-order valence-electron chi connectivity index (χ3n) is 4.74. The van der Waals surface area contributed by atoms with E-state index in [1.807, 2.05) is 4.90 Å². The van der Waals surface area contributed by atoms with Crippen molar-refractivity contribution < 1.29 is 13.2 Å². The number of piperidine rings is 1. The van der Waals surface area contributed by atoms with Crippen molar-refractivity contribution in [1.29, 1.82) is 0 Å². The first-order chi connectivity index (χ1) is 12.2. The Balaban J connectivity index is 1.90. The van der Waals surface area contributed by atoms with Gasteiger partial charge in [-0.3, -0.25) is 0 Å². The molecule has 4 rings (SSSR count). The maximum Gasteiger partial charge on any atom is 0.417 e. The molecule has 0 aliphatic carbocycles. The van der Waals surface area contributed by atoms with E-state index in [4.69, 9.17) is 11.5 Å². The molecule has 0 spiro atoms. The molecule has 6 nitrogen and oxygen atoms in total. The van der Waals surface area contributed by atoms with Gasteiger partial charge in [0, 0.05) is 24.5 Å². The van der Waals surface area contributed by atoms with Gasteiger partial charge >= 0.3 is 6.18 Å². The van der Waals surface area contributed by atoms with Crippen molar-refractivity contribution in [3.63, 3.8) is 0 Å². The molecule has 0 radical (unpaired) electrons. The van der Waals surface area contributed by atoms with E-state index in [0.717, 1.165) is 30.2 Å². The summed E-state index contributed by atoms with van der Waals surface area (Å²) in [5.74, 6) is 0.576. The van der Waals surface area contributed by atoms with Crippen LogP contribution in [0.3, 0.4) is 0 Å². The summed E-state index contributed by atoms with van der Waals surface area (Å²) in [6.07, 6.45) is -3.41. The number of nitrogens with two attached hydrogens (primary N) is 2. The highest BCUT2D eigenvalue weighted by Gasteiger charge is 2.37. The fourth-order valence-corrected chi connectivity index (χ4v) is 4.49. The number of pyridine rings is 1. The molecular formula is C16H19F3N6S. The number of aliphatic imine (C=N–C) groups is 1. The average Bonchev–Trinajstić information content (AvgIpc) is 2.92. The second-order valence-corrected chi connectivity index (χ2v) is 7.67. The minimum atomic E-state index is -4.49. The van der Waals surface area contributed by atoms with Gasteiger partial charge in [-0.1, -0.05) is 0 Å². The second kappa shape index (κ2) is 5.98. The third kappa shape index (κ3) is 2.86. The third-order valence-corrected chi connectivity index (χ3v) is 5.84. The predicted octanol–water partition coefficient (Wildman–Crippen LogP) is 2.72. The highest BCUT2D eigenvalue weighted by molar-refractivity contribution is 7.21. The number of hydrogen-bond acceptors (Lipinski definition) is 7. The monoisotopic (exact) mass is 384 g/mol. The number of amidine groups is 1. The standard InChI is InChI=1S/C16H19F3N6S/c1-7-22-12-11-9(16(17,18)19)6-10(25-4-2-8(20)3-5-25)24-15(11)26-13(12)14(21)23-7/h6-8,22H,2-5,20H2,1H3,(H2,21,23). The van der Waals surface area contributed by atoms with E-state index in [1.165, 1.54) is 0 Å². The van der Waals surface area contributed by atoms with Crippen LogP contribution in [-0.4, -0.2) is 36.1 Å². The Morgan fingerprint density at radius 3 is 2.65 bits per heavy atom.